The maximum Gasteiger partial charge on any atom is 0.243 e. The van der Waals surface area contributed by atoms with Crippen molar-refractivity contribution in [2.24, 2.45) is 16.7 Å². The van der Waals surface area contributed by atoms with Crippen LogP contribution in [0.25, 0.3) is 0 Å². The van der Waals surface area contributed by atoms with Crippen molar-refractivity contribution in [3.8, 4) is 0 Å². The van der Waals surface area contributed by atoms with Crippen LogP contribution < -0.4 is 16.0 Å². The summed E-state index contributed by atoms with van der Waals surface area (Å²) in [4.78, 5) is 36.8. The molecule has 2 unspecified atom stereocenters. The second-order valence-electron chi connectivity index (χ2n) is 7.71. The second-order valence-corrected chi connectivity index (χ2v) is 7.71. The van der Waals surface area contributed by atoms with Gasteiger partial charge in [0.2, 0.25) is 17.7 Å². The molecular weight excluding hydrogens is 294 g/mol. The first-order valence-electron chi connectivity index (χ1n) is 8.50. The van der Waals surface area contributed by atoms with Gasteiger partial charge in [0.1, 0.15) is 12.1 Å². The summed E-state index contributed by atoms with van der Waals surface area (Å²) >= 11 is 0. The van der Waals surface area contributed by atoms with Gasteiger partial charge >= 0.3 is 0 Å². The SMILES string of the molecule is CNC(=O)[C@H](C)NC(=O)[C@@H](NC(=O)C12CCCC1(C)C2)C(C)C. The van der Waals surface area contributed by atoms with E-state index in [0.29, 0.717) is 0 Å². The van der Waals surface area contributed by atoms with E-state index in [2.05, 4.69) is 22.9 Å². The third kappa shape index (κ3) is 3.08. The van der Waals surface area contributed by atoms with Crippen LogP contribution in [0.5, 0.6) is 0 Å². The van der Waals surface area contributed by atoms with Gasteiger partial charge in [-0.25, -0.2) is 0 Å². The Bertz CT molecular complexity index is 515. The van der Waals surface area contributed by atoms with Crippen LogP contribution in [0.3, 0.4) is 0 Å². The van der Waals surface area contributed by atoms with Crippen LogP contribution in [0.1, 0.15) is 53.4 Å². The van der Waals surface area contributed by atoms with Crippen LogP contribution in [0, 0.1) is 16.7 Å². The van der Waals surface area contributed by atoms with Gasteiger partial charge in [0, 0.05) is 7.05 Å². The molecule has 0 aromatic carbocycles. The van der Waals surface area contributed by atoms with Gasteiger partial charge < -0.3 is 16.0 Å². The normalized spacial score (nSPS) is 31.0. The first-order valence-corrected chi connectivity index (χ1v) is 8.50. The number of fused-ring (bicyclic) bond motifs is 1. The Morgan fingerprint density at radius 2 is 1.65 bits per heavy atom. The number of nitrogens with one attached hydrogen (secondary N) is 3. The van der Waals surface area contributed by atoms with Gasteiger partial charge in [-0.2, -0.15) is 0 Å². The van der Waals surface area contributed by atoms with Crippen molar-refractivity contribution >= 4 is 17.7 Å². The van der Waals surface area contributed by atoms with Crippen LogP contribution in [-0.4, -0.2) is 36.9 Å². The van der Waals surface area contributed by atoms with Gasteiger partial charge in [0.15, 0.2) is 0 Å². The number of carbonyl (C=O) groups is 3. The number of hydrogen-bond acceptors (Lipinski definition) is 3. The van der Waals surface area contributed by atoms with Crippen molar-refractivity contribution in [2.75, 3.05) is 7.05 Å². The van der Waals surface area contributed by atoms with Crippen LogP contribution in [0.15, 0.2) is 0 Å². The van der Waals surface area contributed by atoms with E-state index in [1.54, 1.807) is 6.92 Å². The quantitative estimate of drug-likeness (QED) is 0.680. The van der Waals surface area contributed by atoms with Crippen LogP contribution >= 0.6 is 0 Å². The van der Waals surface area contributed by atoms with E-state index in [4.69, 9.17) is 0 Å². The summed E-state index contributed by atoms with van der Waals surface area (Å²) in [5, 5.41) is 8.12. The summed E-state index contributed by atoms with van der Waals surface area (Å²) in [5.74, 6) is -0.602. The van der Waals surface area contributed by atoms with Crippen molar-refractivity contribution in [1.29, 1.82) is 0 Å². The molecule has 6 heteroatoms. The molecule has 130 valence electrons. The van der Waals surface area contributed by atoms with E-state index >= 15 is 0 Å². The molecule has 0 bridgehead atoms. The van der Waals surface area contributed by atoms with Gasteiger partial charge in [-0.1, -0.05) is 27.2 Å². The van der Waals surface area contributed by atoms with E-state index < -0.39 is 12.1 Å². The lowest BCUT2D eigenvalue weighted by molar-refractivity contribution is -0.134. The highest BCUT2D eigenvalue weighted by Gasteiger charge is 2.70. The van der Waals surface area contributed by atoms with Gasteiger partial charge in [-0.3, -0.25) is 14.4 Å². The molecule has 2 aliphatic carbocycles. The molecule has 0 spiro atoms. The predicted octanol–water partition coefficient (Wildman–Crippen LogP) is 0.958. The minimum atomic E-state index is -0.624. The molecule has 2 rings (SSSR count). The largest absolute Gasteiger partial charge is 0.357 e. The van der Waals surface area contributed by atoms with Crippen LogP contribution in [0.2, 0.25) is 0 Å². The Labute approximate surface area is 138 Å². The Kier molecular flexibility index (Phi) is 4.74. The molecule has 3 N–H and O–H groups in total. The molecular formula is C17H29N3O3. The monoisotopic (exact) mass is 323 g/mol. The molecule has 0 radical (unpaired) electrons. The molecule has 0 aromatic heterocycles. The van der Waals surface area contributed by atoms with Gasteiger partial charge in [-0.05, 0) is 37.5 Å². The Hall–Kier alpha value is -1.59. The number of carbonyl (C=O) groups excluding carboxylic acids is 3. The van der Waals surface area contributed by atoms with Gasteiger partial charge in [-0.15, -0.1) is 0 Å². The van der Waals surface area contributed by atoms with Crippen molar-refractivity contribution in [1.82, 2.24) is 16.0 Å². The molecule has 6 nitrogen and oxygen atoms in total. The van der Waals surface area contributed by atoms with Crippen molar-refractivity contribution in [3.63, 3.8) is 0 Å². The van der Waals surface area contributed by atoms with Crippen LogP contribution in [-0.2, 0) is 14.4 Å². The summed E-state index contributed by atoms with van der Waals surface area (Å²) in [7, 11) is 1.53. The third-order valence-electron chi connectivity index (χ3n) is 5.72. The molecule has 23 heavy (non-hydrogen) atoms. The molecule has 0 aromatic rings. The molecule has 0 saturated heterocycles. The maximum absolute atomic E-state index is 12.7. The first kappa shape index (κ1) is 17.8. The van der Waals surface area contributed by atoms with E-state index in [1.807, 2.05) is 13.8 Å². The molecule has 0 aliphatic heterocycles. The zero-order chi connectivity index (χ0) is 17.4. The lowest BCUT2D eigenvalue weighted by Gasteiger charge is -2.26. The van der Waals surface area contributed by atoms with Crippen molar-refractivity contribution in [3.05, 3.63) is 0 Å². The summed E-state index contributed by atoms with van der Waals surface area (Å²) in [6, 6.07) is -1.24. The smallest absolute Gasteiger partial charge is 0.243 e. The second kappa shape index (κ2) is 6.13. The minimum Gasteiger partial charge on any atom is -0.357 e. The maximum atomic E-state index is 12.7. The van der Waals surface area contributed by atoms with Crippen molar-refractivity contribution in [2.45, 2.75) is 65.5 Å². The lowest BCUT2D eigenvalue weighted by atomic mass is 9.95. The van der Waals surface area contributed by atoms with Crippen LogP contribution in [0.4, 0.5) is 0 Å². The van der Waals surface area contributed by atoms with E-state index in [9.17, 15) is 14.4 Å². The fourth-order valence-corrected chi connectivity index (χ4v) is 3.99. The van der Waals surface area contributed by atoms with E-state index in [1.165, 1.54) is 7.05 Å². The number of hydrogen-bond donors (Lipinski definition) is 3. The third-order valence-corrected chi connectivity index (χ3v) is 5.72. The molecule has 4 atom stereocenters. The topological polar surface area (TPSA) is 87.3 Å². The fraction of sp³-hybridized carbons (Fsp3) is 0.824. The van der Waals surface area contributed by atoms with Gasteiger partial charge in [0.05, 0.1) is 5.41 Å². The number of rotatable bonds is 6. The van der Waals surface area contributed by atoms with E-state index in [0.717, 1.165) is 25.7 Å². The average molecular weight is 323 g/mol. The fourth-order valence-electron chi connectivity index (χ4n) is 3.99. The molecule has 2 aliphatic rings. The highest BCUT2D eigenvalue weighted by Crippen LogP contribution is 2.73. The summed E-state index contributed by atoms with van der Waals surface area (Å²) in [5.41, 5.74) is -0.155. The summed E-state index contributed by atoms with van der Waals surface area (Å²) < 4.78 is 0. The lowest BCUT2D eigenvalue weighted by Crippen LogP contribution is -2.55. The first-order chi connectivity index (χ1) is 10.7. The summed E-state index contributed by atoms with van der Waals surface area (Å²) in [6.45, 7) is 7.59. The summed E-state index contributed by atoms with van der Waals surface area (Å²) in [6.07, 6.45) is 4.01. The zero-order valence-corrected chi connectivity index (χ0v) is 14.8. The standard InChI is InChI=1S/C17H29N3O3/c1-10(2)12(14(22)19-11(3)13(21)18-5)20-15(23)17-8-6-7-16(17,4)9-17/h10-12H,6-9H2,1-5H3,(H,18,21)(H,19,22)(H,20,23)/t11-,12-,16?,17?/m0/s1. The van der Waals surface area contributed by atoms with Crippen molar-refractivity contribution < 1.29 is 14.4 Å². The Morgan fingerprint density at radius 1 is 1.00 bits per heavy atom. The zero-order valence-electron chi connectivity index (χ0n) is 14.8. The minimum absolute atomic E-state index is 0.000976. The highest BCUT2D eigenvalue weighted by molar-refractivity contribution is 5.94. The Morgan fingerprint density at radius 3 is 2.09 bits per heavy atom. The van der Waals surface area contributed by atoms with E-state index in [-0.39, 0.29) is 34.5 Å². The molecule has 0 heterocycles. The van der Waals surface area contributed by atoms with Gasteiger partial charge in [0.25, 0.3) is 0 Å². The Balaban J connectivity index is 2.01. The highest BCUT2D eigenvalue weighted by atomic mass is 16.2. The molecule has 2 fully saturated rings. The number of likely N-dealkylation sites (N-methyl/N-ethyl adjacent to an activating group) is 1. The molecule has 2 saturated carbocycles. The predicted molar refractivity (Wildman–Crippen MR) is 87.4 cm³/mol. The number of amides is 3. The average Bonchev–Trinajstić information content (AvgIpc) is 2.95. The molecule has 3 amide bonds.